The second-order valence-electron chi connectivity index (χ2n) is 13.6. The molecule has 1 aliphatic heterocycles. The van der Waals surface area contributed by atoms with Crippen molar-refractivity contribution in [2.45, 2.75) is 89.8 Å². The van der Waals surface area contributed by atoms with Gasteiger partial charge in [-0.25, -0.2) is 14.4 Å². The number of carbonyl (C=O) groups is 4. The molecule has 0 amide bonds. The summed E-state index contributed by atoms with van der Waals surface area (Å²) in [5, 5.41) is 25.0. The van der Waals surface area contributed by atoms with Crippen molar-refractivity contribution in [3.05, 3.63) is 83.4 Å². The van der Waals surface area contributed by atoms with Crippen LogP contribution in [-0.4, -0.2) is 70.2 Å². The average molecular weight is 635 g/mol. The maximum absolute atomic E-state index is 13.5. The van der Waals surface area contributed by atoms with E-state index in [-0.39, 0.29) is 25.9 Å². The van der Waals surface area contributed by atoms with Crippen molar-refractivity contribution in [2.75, 3.05) is 6.61 Å². The summed E-state index contributed by atoms with van der Waals surface area (Å²) in [6, 6.07) is 16.9. The third kappa shape index (κ3) is 5.73. The minimum atomic E-state index is -1.79. The Morgan fingerprint density at radius 1 is 0.870 bits per heavy atom. The molecule has 2 aromatic rings. The van der Waals surface area contributed by atoms with E-state index in [0.717, 1.165) is 0 Å². The fraction of sp³-hybridized carbons (Fsp3) is 0.500. The van der Waals surface area contributed by atoms with Crippen LogP contribution in [0.15, 0.2) is 72.3 Å². The highest BCUT2D eigenvalue weighted by molar-refractivity contribution is 5.90. The second kappa shape index (κ2) is 12.3. The molecule has 2 aromatic carbocycles. The number of cyclic esters (lactones) is 1. The second-order valence-corrected chi connectivity index (χ2v) is 13.6. The zero-order valence-electron chi connectivity index (χ0n) is 26.9. The number of carbonyl (C=O) groups excluding carboxylic acids is 4. The lowest BCUT2D eigenvalue weighted by molar-refractivity contribution is -0.314. The minimum Gasteiger partial charge on any atom is -0.462 e. The van der Waals surface area contributed by atoms with E-state index >= 15 is 0 Å². The van der Waals surface area contributed by atoms with Crippen LogP contribution in [0.5, 0.6) is 0 Å². The number of ether oxygens (including phenoxy) is 4. The van der Waals surface area contributed by atoms with E-state index < -0.39 is 70.1 Å². The monoisotopic (exact) mass is 634 g/mol. The number of benzene rings is 2. The Labute approximate surface area is 268 Å². The molecule has 0 unspecified atom stereocenters. The van der Waals surface area contributed by atoms with Crippen LogP contribution in [0.1, 0.15) is 81.0 Å². The standard InChI is InChI=1S/C36H42O10/c1-22(37)44-28(18-23-19-30(38)43-21-23)34(3)26-16-17-27(45-31(39)24-12-8-6-9-13-24)36(5,42)35(26,4)29(20-33(34,2)41)46-32(40)25-14-10-7-11-15-25/h6-15,19,26-29,41-42H,16-18,20-21H2,1-5H3/t26-,27-,28+,29+,33+,34+,35+,36+/m1/s1. The lowest BCUT2D eigenvalue weighted by atomic mass is 9.40. The van der Waals surface area contributed by atoms with Gasteiger partial charge in [0.05, 0.1) is 16.7 Å². The smallest absolute Gasteiger partial charge is 0.338 e. The molecule has 246 valence electrons. The van der Waals surface area contributed by atoms with Gasteiger partial charge in [-0.05, 0) is 62.4 Å². The van der Waals surface area contributed by atoms with Crippen molar-refractivity contribution in [3.63, 3.8) is 0 Å². The normalized spacial score (nSPS) is 34.4. The molecule has 0 spiro atoms. The molecule has 46 heavy (non-hydrogen) atoms. The number of fused-ring (bicyclic) bond motifs is 1. The predicted molar refractivity (Wildman–Crippen MR) is 165 cm³/mol. The number of aliphatic hydroxyl groups is 2. The fourth-order valence-electron chi connectivity index (χ4n) is 8.04. The maximum atomic E-state index is 13.5. The van der Waals surface area contributed by atoms with Gasteiger partial charge in [-0.3, -0.25) is 4.79 Å². The van der Waals surface area contributed by atoms with Gasteiger partial charge >= 0.3 is 23.9 Å². The molecule has 2 N–H and O–H groups in total. The van der Waals surface area contributed by atoms with Gasteiger partial charge in [0.15, 0.2) is 0 Å². The quantitative estimate of drug-likeness (QED) is 0.313. The largest absolute Gasteiger partial charge is 0.462 e. The van der Waals surface area contributed by atoms with E-state index in [9.17, 15) is 29.4 Å². The Morgan fingerprint density at radius 2 is 1.41 bits per heavy atom. The molecule has 10 heteroatoms. The highest BCUT2D eigenvalue weighted by Crippen LogP contribution is 2.67. The fourth-order valence-corrected chi connectivity index (χ4v) is 8.04. The Balaban J connectivity index is 1.60. The molecule has 0 radical (unpaired) electrons. The zero-order chi connectivity index (χ0) is 33.5. The molecule has 0 saturated heterocycles. The van der Waals surface area contributed by atoms with Gasteiger partial charge in [-0.2, -0.15) is 0 Å². The number of hydrogen-bond acceptors (Lipinski definition) is 10. The van der Waals surface area contributed by atoms with Gasteiger partial charge in [0.2, 0.25) is 0 Å². The van der Waals surface area contributed by atoms with Gasteiger partial charge in [-0.15, -0.1) is 0 Å². The maximum Gasteiger partial charge on any atom is 0.338 e. The van der Waals surface area contributed by atoms with Gasteiger partial charge in [0.1, 0.15) is 30.5 Å². The number of hydrogen-bond donors (Lipinski definition) is 2. The lowest BCUT2D eigenvalue weighted by Gasteiger charge is -2.68. The summed E-state index contributed by atoms with van der Waals surface area (Å²) >= 11 is 0. The van der Waals surface area contributed by atoms with Crippen LogP contribution in [0.3, 0.4) is 0 Å². The van der Waals surface area contributed by atoms with Crippen molar-refractivity contribution in [3.8, 4) is 0 Å². The Bertz CT molecular complexity index is 1510. The predicted octanol–water partition coefficient (Wildman–Crippen LogP) is 4.57. The first-order chi connectivity index (χ1) is 21.6. The van der Waals surface area contributed by atoms with Gasteiger partial charge in [0, 0.05) is 36.7 Å². The average Bonchev–Trinajstić information content (AvgIpc) is 3.42. The van der Waals surface area contributed by atoms with Crippen LogP contribution < -0.4 is 0 Å². The summed E-state index contributed by atoms with van der Waals surface area (Å²) < 4.78 is 23.2. The van der Waals surface area contributed by atoms with Gasteiger partial charge in [0.25, 0.3) is 0 Å². The molecule has 1 heterocycles. The van der Waals surface area contributed by atoms with Crippen molar-refractivity contribution in [1.82, 2.24) is 0 Å². The molecule has 8 atom stereocenters. The molecule has 10 nitrogen and oxygen atoms in total. The molecule has 2 aliphatic carbocycles. The molecule has 2 saturated carbocycles. The SMILES string of the molecule is CC(=O)O[C@@H](CC1=CC(=O)OC1)[C@]1(C)[C@H]2CC[C@@H](OC(=O)c3ccccc3)[C@](C)(O)[C@]2(C)[C@@H](OC(=O)c2ccccc2)C[C@]1(C)O. The van der Waals surface area contributed by atoms with Crippen molar-refractivity contribution in [2.24, 2.45) is 16.7 Å². The summed E-state index contributed by atoms with van der Waals surface area (Å²) in [7, 11) is 0. The Kier molecular flexibility index (Phi) is 8.92. The van der Waals surface area contributed by atoms with Crippen LogP contribution in [-0.2, 0) is 28.5 Å². The minimum absolute atomic E-state index is 0.0310. The van der Waals surface area contributed by atoms with E-state index in [1.807, 2.05) is 6.92 Å². The highest BCUT2D eigenvalue weighted by atomic mass is 16.6. The molecule has 3 aliphatic rings. The van der Waals surface area contributed by atoms with E-state index in [1.165, 1.54) is 13.0 Å². The van der Waals surface area contributed by atoms with E-state index in [1.54, 1.807) is 81.4 Å². The van der Waals surface area contributed by atoms with Crippen molar-refractivity contribution >= 4 is 23.9 Å². The molecule has 5 rings (SSSR count). The summed E-state index contributed by atoms with van der Waals surface area (Å²) in [6.07, 6.45) is -1.12. The van der Waals surface area contributed by atoms with E-state index in [4.69, 9.17) is 18.9 Å². The van der Waals surface area contributed by atoms with Crippen molar-refractivity contribution < 1.29 is 48.3 Å². The van der Waals surface area contributed by atoms with Crippen LogP contribution in [0, 0.1) is 16.7 Å². The van der Waals surface area contributed by atoms with E-state index in [0.29, 0.717) is 23.1 Å². The molecule has 0 aromatic heterocycles. The molecular weight excluding hydrogens is 592 g/mol. The number of esters is 4. The Hall–Kier alpha value is -4.02. The van der Waals surface area contributed by atoms with Gasteiger partial charge < -0.3 is 29.2 Å². The summed E-state index contributed by atoms with van der Waals surface area (Å²) in [5.41, 5.74) is -4.74. The molecular formula is C36H42O10. The van der Waals surface area contributed by atoms with Gasteiger partial charge in [-0.1, -0.05) is 50.2 Å². The van der Waals surface area contributed by atoms with Crippen LogP contribution >= 0.6 is 0 Å². The summed E-state index contributed by atoms with van der Waals surface area (Å²) in [4.78, 5) is 51.2. The third-order valence-electron chi connectivity index (χ3n) is 11.0. The highest BCUT2D eigenvalue weighted by Gasteiger charge is 2.74. The van der Waals surface area contributed by atoms with Crippen LogP contribution in [0.25, 0.3) is 0 Å². The topological polar surface area (TPSA) is 146 Å². The summed E-state index contributed by atoms with van der Waals surface area (Å²) in [6.45, 7) is 8.08. The summed E-state index contributed by atoms with van der Waals surface area (Å²) in [5.74, 6) is -2.95. The third-order valence-corrected chi connectivity index (χ3v) is 11.0. The Morgan fingerprint density at radius 3 is 1.91 bits per heavy atom. The van der Waals surface area contributed by atoms with Crippen LogP contribution in [0.4, 0.5) is 0 Å². The first-order valence-corrected chi connectivity index (χ1v) is 15.6. The first kappa shape index (κ1) is 33.3. The molecule has 0 bridgehead atoms. The lowest BCUT2D eigenvalue weighted by Crippen LogP contribution is -2.76. The first-order valence-electron chi connectivity index (χ1n) is 15.6. The number of rotatable bonds is 8. The van der Waals surface area contributed by atoms with E-state index in [2.05, 4.69) is 0 Å². The molecule has 2 fully saturated rings. The van der Waals surface area contributed by atoms with Crippen LogP contribution in [0.2, 0.25) is 0 Å². The zero-order valence-corrected chi connectivity index (χ0v) is 26.9. The van der Waals surface area contributed by atoms with Crippen molar-refractivity contribution in [1.29, 1.82) is 0 Å².